The molecule has 1 aliphatic carbocycles. The van der Waals surface area contributed by atoms with Gasteiger partial charge in [0.1, 0.15) is 0 Å². The van der Waals surface area contributed by atoms with Crippen molar-refractivity contribution in [1.82, 2.24) is 0 Å². The summed E-state index contributed by atoms with van der Waals surface area (Å²) in [7, 11) is 5.94. The van der Waals surface area contributed by atoms with Crippen LogP contribution in [0.4, 0.5) is 0 Å². The molecule has 11 heavy (non-hydrogen) atoms. The van der Waals surface area contributed by atoms with Gasteiger partial charge in [0.15, 0.2) is 0 Å². The van der Waals surface area contributed by atoms with Crippen LogP contribution in [0.3, 0.4) is 0 Å². The van der Waals surface area contributed by atoms with E-state index in [2.05, 4.69) is 13.8 Å². The van der Waals surface area contributed by atoms with E-state index in [1.165, 1.54) is 32.1 Å². The van der Waals surface area contributed by atoms with E-state index in [1.54, 1.807) is 0 Å². The molecule has 0 aromatic rings. The third kappa shape index (κ3) is 3.31. The Morgan fingerprint density at radius 3 is 2.45 bits per heavy atom. The van der Waals surface area contributed by atoms with E-state index >= 15 is 0 Å². The minimum Gasteiger partial charge on any atom is -0.0771 e. The molecule has 0 N–H and O–H groups in total. The van der Waals surface area contributed by atoms with Gasteiger partial charge in [0, 0.05) is 0 Å². The van der Waals surface area contributed by atoms with Crippen LogP contribution in [0.25, 0.3) is 0 Å². The summed E-state index contributed by atoms with van der Waals surface area (Å²) in [6.45, 7) is 4.70. The summed E-state index contributed by atoms with van der Waals surface area (Å²) in [4.78, 5) is 0. The van der Waals surface area contributed by atoms with Crippen LogP contribution in [0.2, 0.25) is 5.82 Å². The molecule has 0 heterocycles. The third-order valence-electron chi connectivity index (χ3n) is 2.78. The van der Waals surface area contributed by atoms with Gasteiger partial charge >= 0.3 is 0 Å². The molecule has 1 saturated carbocycles. The summed E-state index contributed by atoms with van der Waals surface area (Å²) in [5, 5.41) is 0. The van der Waals surface area contributed by atoms with E-state index in [-0.39, 0.29) is 0 Å². The molecule has 0 saturated heterocycles. The molecule has 62 valence electrons. The summed E-state index contributed by atoms with van der Waals surface area (Å²) in [6, 6.07) is 0. The maximum Gasteiger partial charge on any atom is 0.0699 e. The summed E-state index contributed by atoms with van der Waals surface area (Å²) in [5.41, 5.74) is 0. The first-order valence-electron chi connectivity index (χ1n) is 4.94. The first-order chi connectivity index (χ1) is 5.18. The zero-order valence-electron chi connectivity index (χ0n) is 7.84. The highest BCUT2D eigenvalue weighted by Gasteiger charge is 2.15. The maximum atomic E-state index is 5.94. The van der Waals surface area contributed by atoms with Gasteiger partial charge in [0.2, 0.25) is 0 Å². The van der Waals surface area contributed by atoms with Crippen molar-refractivity contribution in [2.24, 2.45) is 11.8 Å². The van der Waals surface area contributed by atoms with Crippen molar-refractivity contribution < 1.29 is 0 Å². The van der Waals surface area contributed by atoms with Gasteiger partial charge in [0.25, 0.3) is 0 Å². The number of hydrogen-bond donors (Lipinski definition) is 0. The second kappa shape index (κ2) is 4.18. The molecule has 0 nitrogen and oxygen atoms in total. The van der Waals surface area contributed by atoms with Crippen molar-refractivity contribution in [1.29, 1.82) is 0 Å². The number of hydrogen-bond acceptors (Lipinski definition) is 0. The van der Waals surface area contributed by atoms with Crippen LogP contribution < -0.4 is 0 Å². The first-order valence-corrected chi connectivity index (χ1v) is 4.94. The largest absolute Gasteiger partial charge is 0.0771 e. The van der Waals surface area contributed by atoms with Gasteiger partial charge in [0.05, 0.1) is 7.85 Å². The Morgan fingerprint density at radius 1 is 1.00 bits per heavy atom. The van der Waals surface area contributed by atoms with Crippen molar-refractivity contribution in [2.45, 2.75) is 51.8 Å². The minimum absolute atomic E-state index is 0.484. The smallest absolute Gasteiger partial charge is 0.0699 e. The van der Waals surface area contributed by atoms with Gasteiger partial charge < -0.3 is 0 Å². The molecule has 3 atom stereocenters. The lowest BCUT2D eigenvalue weighted by Crippen LogP contribution is -2.10. The second-order valence-electron chi connectivity index (χ2n) is 4.37. The lowest BCUT2D eigenvalue weighted by molar-refractivity contribution is 0.330. The van der Waals surface area contributed by atoms with Crippen molar-refractivity contribution in [3.63, 3.8) is 0 Å². The van der Waals surface area contributed by atoms with Crippen molar-refractivity contribution in [3.05, 3.63) is 0 Å². The molecule has 0 aromatic carbocycles. The predicted octanol–water partition coefficient (Wildman–Crippen LogP) is 3.18. The van der Waals surface area contributed by atoms with Crippen LogP contribution in [-0.2, 0) is 0 Å². The predicted molar refractivity (Wildman–Crippen MR) is 50.9 cm³/mol. The average molecular weight is 150 g/mol. The van der Waals surface area contributed by atoms with Crippen LogP contribution in [-0.4, -0.2) is 7.85 Å². The summed E-state index contributed by atoms with van der Waals surface area (Å²) < 4.78 is 0. The molecule has 0 spiro atoms. The first kappa shape index (κ1) is 9.16. The fourth-order valence-corrected chi connectivity index (χ4v) is 2.26. The highest BCUT2D eigenvalue weighted by Crippen LogP contribution is 2.30. The average Bonchev–Trinajstić information content (AvgIpc) is 1.83. The van der Waals surface area contributed by atoms with E-state index in [0.717, 1.165) is 11.8 Å². The van der Waals surface area contributed by atoms with E-state index in [4.69, 9.17) is 7.85 Å². The fraction of sp³-hybridized carbons (Fsp3) is 1.00. The van der Waals surface area contributed by atoms with Crippen LogP contribution in [0.15, 0.2) is 0 Å². The van der Waals surface area contributed by atoms with E-state index in [1.807, 2.05) is 0 Å². The lowest BCUT2D eigenvalue weighted by atomic mass is 9.72. The molecule has 0 amide bonds. The van der Waals surface area contributed by atoms with E-state index < -0.39 is 0 Å². The van der Waals surface area contributed by atoms with Gasteiger partial charge in [-0.15, -0.1) is 0 Å². The molecule has 1 fully saturated rings. The quantitative estimate of drug-likeness (QED) is 0.465. The van der Waals surface area contributed by atoms with Crippen molar-refractivity contribution in [2.75, 3.05) is 0 Å². The Hall–Kier alpha value is 0.0649. The van der Waals surface area contributed by atoms with Crippen molar-refractivity contribution >= 4 is 7.85 Å². The fourth-order valence-electron chi connectivity index (χ4n) is 2.26. The highest BCUT2D eigenvalue weighted by molar-refractivity contribution is 6.11. The van der Waals surface area contributed by atoms with Gasteiger partial charge in [-0.2, -0.15) is 0 Å². The van der Waals surface area contributed by atoms with Gasteiger partial charge in [-0.1, -0.05) is 45.3 Å². The van der Waals surface area contributed by atoms with Crippen LogP contribution in [0, 0.1) is 11.8 Å². The molecular weight excluding hydrogens is 131 g/mol. The van der Waals surface area contributed by atoms with Crippen LogP contribution in [0.1, 0.15) is 46.0 Å². The molecule has 1 rings (SSSR count). The van der Waals surface area contributed by atoms with Crippen LogP contribution in [0.5, 0.6) is 0 Å². The van der Waals surface area contributed by atoms with Gasteiger partial charge in [-0.25, -0.2) is 0 Å². The molecule has 0 aromatic heterocycles. The Bertz CT molecular complexity index is 99.4. The molecule has 1 aliphatic rings. The topological polar surface area (TPSA) is 0 Å². The molecule has 0 aliphatic heterocycles. The Labute approximate surface area is 72.2 Å². The summed E-state index contributed by atoms with van der Waals surface area (Å²) in [5.74, 6) is 2.26. The lowest BCUT2D eigenvalue weighted by Gasteiger charge is -2.24. The highest BCUT2D eigenvalue weighted by atomic mass is 14.2. The Kier molecular flexibility index (Phi) is 3.48. The number of rotatable bonds is 0. The van der Waals surface area contributed by atoms with Gasteiger partial charge in [-0.05, 0) is 18.3 Å². The van der Waals surface area contributed by atoms with Gasteiger partial charge in [-0.3, -0.25) is 0 Å². The Morgan fingerprint density at radius 2 is 1.73 bits per heavy atom. The molecular formula is C10H19B. The normalized spacial score (nSPS) is 41.1. The van der Waals surface area contributed by atoms with Crippen molar-refractivity contribution in [3.8, 4) is 0 Å². The molecule has 2 radical (unpaired) electrons. The zero-order valence-corrected chi connectivity index (χ0v) is 7.84. The maximum absolute atomic E-state index is 5.94. The SMILES string of the molecule is [B]C1CCCC(C)CC(C)C1. The van der Waals surface area contributed by atoms with Crippen LogP contribution >= 0.6 is 0 Å². The second-order valence-corrected chi connectivity index (χ2v) is 4.37. The third-order valence-corrected chi connectivity index (χ3v) is 2.78. The minimum atomic E-state index is 0.484. The van der Waals surface area contributed by atoms with E-state index in [0.29, 0.717) is 5.82 Å². The molecule has 1 heteroatoms. The Balaban J connectivity index is 2.34. The monoisotopic (exact) mass is 150 g/mol. The standard InChI is InChI=1S/C10H19B/c1-8-4-3-5-10(11)7-9(2)6-8/h8-10H,3-7H2,1-2H3. The molecule has 3 unspecified atom stereocenters. The summed E-state index contributed by atoms with van der Waals surface area (Å²) >= 11 is 0. The summed E-state index contributed by atoms with van der Waals surface area (Å²) in [6.07, 6.45) is 6.60. The van der Waals surface area contributed by atoms with E-state index in [9.17, 15) is 0 Å². The zero-order chi connectivity index (χ0) is 8.27. The molecule has 0 bridgehead atoms.